The van der Waals surface area contributed by atoms with Crippen molar-refractivity contribution in [3.8, 4) is 0 Å². The SMILES string of the molecule is COC(=O)[C@@H]1CC[C@@H]2CCN(C(C)=O)C[C@H](N)C(=O)N21.COC(=O)[C@@H]1CC[C@@H]2CCN(C(C)=O)C[C@H](NC(=O)OC(C)(C)C)C(=O)N21.O=C(O)C(F)(F)F. The second-order valence-electron chi connectivity index (χ2n) is 14.1. The molecule has 4 fully saturated rings. The maximum atomic E-state index is 13.2. The minimum absolute atomic E-state index is 0.0323. The Bertz CT molecular complexity index is 1420. The number of esters is 2. The molecule has 0 bridgehead atoms. The van der Waals surface area contributed by atoms with Crippen LogP contribution in [0, 0.1) is 0 Å². The van der Waals surface area contributed by atoms with Crippen LogP contribution in [0.1, 0.15) is 73.1 Å². The molecule has 4 saturated heterocycles. The Labute approximate surface area is 310 Å². The summed E-state index contributed by atoms with van der Waals surface area (Å²) in [5.41, 5.74) is 5.18. The third kappa shape index (κ3) is 12.4. The van der Waals surface area contributed by atoms with Crippen molar-refractivity contribution in [1.29, 1.82) is 0 Å². The van der Waals surface area contributed by atoms with Crippen LogP contribution in [0.3, 0.4) is 0 Å². The largest absolute Gasteiger partial charge is 0.490 e. The van der Waals surface area contributed by atoms with Crippen molar-refractivity contribution in [2.45, 2.75) is 121 Å². The molecule has 0 unspecified atom stereocenters. The Hall–Kier alpha value is -4.69. The topological polar surface area (TPSA) is 235 Å². The van der Waals surface area contributed by atoms with Gasteiger partial charge in [0.25, 0.3) is 0 Å². The fourth-order valence-corrected chi connectivity index (χ4v) is 6.64. The number of aliphatic carboxylic acids is 1. The molecule has 4 heterocycles. The van der Waals surface area contributed by atoms with Gasteiger partial charge in [-0.05, 0) is 59.3 Å². The van der Waals surface area contributed by atoms with Crippen LogP contribution >= 0.6 is 0 Å². The van der Waals surface area contributed by atoms with E-state index in [-0.39, 0.29) is 42.9 Å². The van der Waals surface area contributed by atoms with E-state index < -0.39 is 65.9 Å². The Morgan fingerprint density at radius 3 is 1.52 bits per heavy atom. The lowest BCUT2D eigenvalue weighted by Crippen LogP contribution is -2.60. The first-order valence-corrected chi connectivity index (χ1v) is 17.3. The molecule has 0 aromatic heterocycles. The average Bonchev–Trinajstić information content (AvgIpc) is 3.68. The molecule has 0 aromatic rings. The van der Waals surface area contributed by atoms with Crippen LogP contribution in [-0.2, 0) is 47.8 Å². The number of carbonyl (C=O) groups excluding carboxylic acids is 7. The van der Waals surface area contributed by atoms with Gasteiger partial charge in [0.2, 0.25) is 23.6 Å². The monoisotopic (exact) mass is 780 g/mol. The number of hydrogen-bond donors (Lipinski definition) is 3. The molecule has 4 N–H and O–H groups in total. The van der Waals surface area contributed by atoms with Crippen LogP contribution < -0.4 is 11.1 Å². The number of amides is 5. The number of methoxy groups -OCH3 is 2. The third-order valence-electron chi connectivity index (χ3n) is 9.18. The number of rotatable bonds is 3. The van der Waals surface area contributed by atoms with Gasteiger partial charge < -0.3 is 50.0 Å². The van der Waals surface area contributed by atoms with Crippen molar-refractivity contribution in [3.05, 3.63) is 0 Å². The standard InChI is InChI=1S/C18H29N3O6.C13H21N3O4.C2HF3O2/c1-11(22)20-9-8-12-6-7-14(16(24)26-5)21(12)15(23)13(10-20)19-17(25)27-18(2,3)4;1-8(17)15-6-5-9-3-4-11(13(19)20-2)16(9)12(18)10(14)7-15;3-2(4,5)1(6)7/h12-14H,6-10H2,1-5H3,(H,19,25);9-11H,3-7,14H2,1-2H3;(H,6,7)/t12-,13+,14+;9-,10+,11+;/m11./s1. The summed E-state index contributed by atoms with van der Waals surface area (Å²) in [5.74, 6) is -4.53. The molecule has 0 radical (unpaired) electrons. The Balaban J connectivity index is 0.000000327. The molecule has 4 aliphatic heterocycles. The lowest BCUT2D eigenvalue weighted by Gasteiger charge is -2.38. The number of ether oxygens (including phenoxy) is 3. The molecule has 0 aromatic carbocycles. The van der Waals surface area contributed by atoms with Gasteiger partial charge >= 0.3 is 30.2 Å². The Kier molecular flexibility index (Phi) is 16.1. The van der Waals surface area contributed by atoms with Gasteiger partial charge in [0, 0.05) is 45.6 Å². The van der Waals surface area contributed by atoms with Crippen LogP contribution in [0.25, 0.3) is 0 Å². The van der Waals surface area contributed by atoms with Crippen molar-refractivity contribution in [1.82, 2.24) is 24.9 Å². The number of carboxylic acid groups (broad SMARTS) is 1. The summed E-state index contributed by atoms with van der Waals surface area (Å²) in [7, 11) is 2.61. The number of fused-ring (bicyclic) bond motifs is 2. The lowest BCUT2D eigenvalue weighted by molar-refractivity contribution is -0.192. The van der Waals surface area contributed by atoms with Gasteiger partial charge in [0.1, 0.15) is 29.8 Å². The number of carboxylic acids is 1. The van der Waals surface area contributed by atoms with Crippen molar-refractivity contribution in [2.75, 3.05) is 40.4 Å². The van der Waals surface area contributed by atoms with Crippen molar-refractivity contribution < 1.29 is 70.8 Å². The zero-order chi connectivity index (χ0) is 41.3. The van der Waals surface area contributed by atoms with E-state index in [4.69, 9.17) is 29.8 Å². The Morgan fingerprint density at radius 1 is 0.741 bits per heavy atom. The molecular weight excluding hydrogens is 729 g/mol. The molecule has 0 aliphatic carbocycles. The van der Waals surface area contributed by atoms with Gasteiger partial charge in [-0.1, -0.05) is 0 Å². The highest BCUT2D eigenvalue weighted by Gasteiger charge is 2.47. The Morgan fingerprint density at radius 2 is 1.15 bits per heavy atom. The highest BCUT2D eigenvalue weighted by atomic mass is 19.4. The first-order valence-electron chi connectivity index (χ1n) is 17.3. The second kappa shape index (κ2) is 19.1. The molecule has 5 amide bonds. The predicted molar refractivity (Wildman–Crippen MR) is 180 cm³/mol. The predicted octanol–water partition coefficient (Wildman–Crippen LogP) is 0.396. The number of halogens is 3. The van der Waals surface area contributed by atoms with Crippen molar-refractivity contribution in [2.24, 2.45) is 5.73 Å². The van der Waals surface area contributed by atoms with Gasteiger partial charge in [-0.25, -0.2) is 19.2 Å². The summed E-state index contributed by atoms with van der Waals surface area (Å²) < 4.78 is 46.6. The van der Waals surface area contributed by atoms with Gasteiger partial charge in [-0.3, -0.25) is 19.2 Å². The normalized spacial score (nSPS) is 25.8. The number of carbonyl (C=O) groups is 8. The van der Waals surface area contributed by atoms with Crippen LogP contribution in [0.5, 0.6) is 0 Å². The lowest BCUT2D eigenvalue weighted by atomic mass is 10.1. The molecule has 306 valence electrons. The number of alkyl halides is 3. The van der Waals surface area contributed by atoms with E-state index in [2.05, 4.69) is 5.32 Å². The zero-order valence-corrected chi connectivity index (χ0v) is 31.5. The molecule has 0 spiro atoms. The van der Waals surface area contributed by atoms with E-state index in [0.29, 0.717) is 45.2 Å². The van der Waals surface area contributed by atoms with E-state index in [1.807, 2.05) is 0 Å². The average molecular weight is 781 g/mol. The van der Waals surface area contributed by atoms with Crippen LogP contribution in [-0.4, -0.2) is 161 Å². The highest BCUT2D eigenvalue weighted by molar-refractivity contribution is 5.91. The van der Waals surface area contributed by atoms with Crippen LogP contribution in [0.4, 0.5) is 18.0 Å². The molecule has 18 nitrogen and oxygen atoms in total. The van der Waals surface area contributed by atoms with E-state index >= 15 is 0 Å². The number of nitrogens with two attached hydrogens (primary N) is 1. The number of nitrogens with one attached hydrogen (secondary N) is 1. The molecule has 4 rings (SSSR count). The quantitative estimate of drug-likeness (QED) is 0.260. The molecule has 6 atom stereocenters. The van der Waals surface area contributed by atoms with Gasteiger partial charge in [0.05, 0.1) is 20.8 Å². The molecule has 54 heavy (non-hydrogen) atoms. The zero-order valence-electron chi connectivity index (χ0n) is 31.5. The number of nitrogens with zero attached hydrogens (tertiary/aromatic N) is 4. The van der Waals surface area contributed by atoms with Crippen molar-refractivity contribution >= 4 is 47.6 Å². The first-order chi connectivity index (χ1) is 24.9. The summed E-state index contributed by atoms with van der Waals surface area (Å²) in [4.78, 5) is 100. The number of alkyl carbamates (subject to hydrolysis) is 1. The summed E-state index contributed by atoms with van der Waals surface area (Å²) in [6.45, 7) is 9.31. The maximum Gasteiger partial charge on any atom is 0.490 e. The minimum Gasteiger partial charge on any atom is -0.475 e. The second-order valence-corrected chi connectivity index (χ2v) is 14.1. The van der Waals surface area contributed by atoms with E-state index in [1.54, 1.807) is 35.5 Å². The fourth-order valence-electron chi connectivity index (χ4n) is 6.64. The van der Waals surface area contributed by atoms with Crippen LogP contribution in [0.15, 0.2) is 0 Å². The fraction of sp³-hybridized carbons (Fsp3) is 0.758. The smallest absolute Gasteiger partial charge is 0.475 e. The molecular formula is C33H51F3N6O12. The summed E-state index contributed by atoms with van der Waals surface area (Å²) in [6.07, 6.45) is -2.09. The summed E-state index contributed by atoms with van der Waals surface area (Å²) in [5, 5.41) is 9.69. The van der Waals surface area contributed by atoms with Gasteiger partial charge in [0.15, 0.2) is 0 Å². The minimum atomic E-state index is -5.08. The number of hydrogen-bond acceptors (Lipinski definition) is 12. The van der Waals surface area contributed by atoms with E-state index in [9.17, 15) is 46.7 Å². The van der Waals surface area contributed by atoms with Crippen molar-refractivity contribution in [3.63, 3.8) is 0 Å². The summed E-state index contributed by atoms with van der Waals surface area (Å²) in [6, 6.07) is -3.19. The maximum absolute atomic E-state index is 13.2. The molecule has 4 aliphatic rings. The highest BCUT2D eigenvalue weighted by Crippen LogP contribution is 2.31. The first kappa shape index (κ1) is 45.5. The van der Waals surface area contributed by atoms with E-state index in [1.165, 1.54) is 33.0 Å². The molecule has 21 heteroatoms. The summed E-state index contributed by atoms with van der Waals surface area (Å²) >= 11 is 0. The molecule has 0 saturated carbocycles. The van der Waals surface area contributed by atoms with Gasteiger partial charge in [-0.15, -0.1) is 0 Å². The van der Waals surface area contributed by atoms with E-state index in [0.717, 1.165) is 6.42 Å². The third-order valence-corrected chi connectivity index (χ3v) is 9.18. The van der Waals surface area contributed by atoms with Crippen LogP contribution in [0.2, 0.25) is 0 Å². The van der Waals surface area contributed by atoms with Gasteiger partial charge in [-0.2, -0.15) is 13.2 Å².